The van der Waals surface area contributed by atoms with Crippen LogP contribution in [0.4, 0.5) is 9.52 Å². The number of carbonyl (C=O) groups is 1. The number of thiazole rings is 1. The van der Waals surface area contributed by atoms with E-state index in [4.69, 9.17) is 4.74 Å². The molecule has 1 aromatic heterocycles. The lowest BCUT2D eigenvalue weighted by molar-refractivity contribution is -0.0440. The first kappa shape index (κ1) is 25.5. The molecule has 2 unspecified atom stereocenters. The second kappa shape index (κ2) is 10.3. The van der Waals surface area contributed by atoms with E-state index in [2.05, 4.69) is 4.98 Å². The largest absolute Gasteiger partial charge is 0.373 e. The van der Waals surface area contributed by atoms with E-state index in [1.54, 1.807) is 12.1 Å². The van der Waals surface area contributed by atoms with Crippen LogP contribution in [0.1, 0.15) is 29.8 Å². The maximum Gasteiger partial charge on any atom is 0.260 e. The Kier molecular flexibility index (Phi) is 7.09. The van der Waals surface area contributed by atoms with E-state index in [1.807, 2.05) is 44.2 Å². The van der Waals surface area contributed by atoms with Gasteiger partial charge >= 0.3 is 0 Å². The van der Waals surface area contributed by atoms with Gasteiger partial charge in [0.05, 0.1) is 28.3 Å². The van der Waals surface area contributed by atoms with Crippen LogP contribution in [0.25, 0.3) is 10.2 Å². The Labute approximate surface area is 219 Å². The minimum atomic E-state index is -3.74. The average Bonchev–Trinajstić information content (AvgIpc) is 3.32. The Balaban J connectivity index is 1.46. The monoisotopic (exact) mass is 539 g/mol. The molecule has 0 radical (unpaired) electrons. The van der Waals surface area contributed by atoms with Crippen LogP contribution in [-0.4, -0.2) is 48.9 Å². The molecule has 0 aliphatic carbocycles. The number of rotatable bonds is 6. The van der Waals surface area contributed by atoms with Crippen LogP contribution in [0.15, 0.2) is 77.7 Å². The van der Waals surface area contributed by atoms with Crippen LogP contribution in [0.3, 0.4) is 0 Å². The topological polar surface area (TPSA) is 79.8 Å². The maximum absolute atomic E-state index is 14.3. The Morgan fingerprint density at radius 3 is 2.35 bits per heavy atom. The van der Waals surface area contributed by atoms with Gasteiger partial charge < -0.3 is 4.74 Å². The predicted octanol–water partition coefficient (Wildman–Crippen LogP) is 5.08. The summed E-state index contributed by atoms with van der Waals surface area (Å²) in [5, 5.41) is 0.363. The summed E-state index contributed by atoms with van der Waals surface area (Å²) in [6.45, 7) is 4.45. The minimum absolute atomic E-state index is 0.113. The van der Waals surface area contributed by atoms with Crippen LogP contribution in [-0.2, 0) is 21.3 Å². The summed E-state index contributed by atoms with van der Waals surface area (Å²) in [6.07, 6.45) is -0.408. The second-order valence-electron chi connectivity index (χ2n) is 9.06. The molecule has 0 bridgehead atoms. The molecule has 37 heavy (non-hydrogen) atoms. The van der Waals surface area contributed by atoms with Gasteiger partial charge in [0.25, 0.3) is 5.91 Å². The third kappa shape index (κ3) is 5.28. The number of carbonyl (C=O) groups excluding carboxylic acids is 1. The van der Waals surface area contributed by atoms with Gasteiger partial charge in [0, 0.05) is 18.7 Å². The van der Waals surface area contributed by atoms with Crippen molar-refractivity contribution < 1.29 is 22.3 Å². The first-order valence-corrected chi connectivity index (χ1v) is 14.1. The van der Waals surface area contributed by atoms with Crippen LogP contribution < -0.4 is 4.90 Å². The molecular formula is C27H26FN3O4S2. The molecule has 1 amide bonds. The van der Waals surface area contributed by atoms with Crippen LogP contribution >= 0.6 is 11.3 Å². The molecule has 2 atom stereocenters. The number of aromatic nitrogens is 1. The molecule has 0 spiro atoms. The van der Waals surface area contributed by atoms with Crippen molar-refractivity contribution in [2.75, 3.05) is 18.0 Å². The van der Waals surface area contributed by atoms with Crippen molar-refractivity contribution in [3.05, 3.63) is 89.7 Å². The molecule has 5 rings (SSSR count). The fraction of sp³-hybridized carbons (Fsp3) is 0.259. The van der Waals surface area contributed by atoms with Crippen molar-refractivity contribution in [3.63, 3.8) is 0 Å². The molecule has 1 fully saturated rings. The number of hydrogen-bond acceptors (Lipinski definition) is 6. The Hall–Kier alpha value is -3.18. The molecule has 0 saturated carbocycles. The predicted molar refractivity (Wildman–Crippen MR) is 142 cm³/mol. The highest BCUT2D eigenvalue weighted by Crippen LogP contribution is 2.32. The number of anilines is 1. The number of hydrogen-bond donors (Lipinski definition) is 0. The average molecular weight is 540 g/mol. The summed E-state index contributed by atoms with van der Waals surface area (Å²) in [4.78, 5) is 19.7. The lowest BCUT2D eigenvalue weighted by atomic mass is 10.1. The smallest absolute Gasteiger partial charge is 0.260 e. The highest BCUT2D eigenvalue weighted by atomic mass is 32.2. The van der Waals surface area contributed by atoms with Gasteiger partial charge in [-0.2, -0.15) is 4.31 Å². The SMILES string of the molecule is CC1CN(S(=O)(=O)c2ccc(C(=O)N(Cc3ccccc3)c3nc4c(F)cccc4s3)cc2)CC(C)O1. The third-order valence-electron chi connectivity index (χ3n) is 6.14. The number of fused-ring (bicyclic) bond motifs is 1. The maximum atomic E-state index is 14.3. The fourth-order valence-corrected chi connectivity index (χ4v) is 6.98. The van der Waals surface area contributed by atoms with Crippen LogP contribution in [0, 0.1) is 5.82 Å². The standard InChI is InChI=1S/C27H26FN3O4S2/c1-18-15-30(16-19(2)35-18)37(33,34)22-13-11-21(12-14-22)26(32)31(17-20-7-4-3-5-8-20)27-29-25-23(28)9-6-10-24(25)36-27/h3-14,18-19H,15-17H2,1-2H3. The van der Waals surface area contributed by atoms with Crippen molar-refractivity contribution in [2.45, 2.75) is 37.5 Å². The van der Waals surface area contributed by atoms with Gasteiger partial charge in [-0.3, -0.25) is 9.69 Å². The van der Waals surface area contributed by atoms with E-state index in [0.29, 0.717) is 15.4 Å². The van der Waals surface area contributed by atoms with E-state index < -0.39 is 15.8 Å². The lowest BCUT2D eigenvalue weighted by Crippen LogP contribution is -2.48. The normalized spacial score (nSPS) is 18.7. The van der Waals surface area contributed by atoms with Gasteiger partial charge in [0.2, 0.25) is 10.0 Å². The molecule has 1 aliphatic heterocycles. The number of para-hydroxylation sites is 1. The van der Waals surface area contributed by atoms with Gasteiger partial charge in [0.15, 0.2) is 5.13 Å². The highest BCUT2D eigenvalue weighted by molar-refractivity contribution is 7.89. The van der Waals surface area contributed by atoms with E-state index in [9.17, 15) is 17.6 Å². The zero-order valence-electron chi connectivity index (χ0n) is 20.4. The van der Waals surface area contributed by atoms with E-state index in [1.165, 1.54) is 50.9 Å². The molecule has 2 heterocycles. The Bertz CT molecular complexity index is 1510. The number of amides is 1. The molecule has 0 N–H and O–H groups in total. The first-order valence-electron chi connectivity index (χ1n) is 11.9. The van der Waals surface area contributed by atoms with E-state index in [-0.39, 0.29) is 48.2 Å². The van der Waals surface area contributed by atoms with E-state index >= 15 is 0 Å². The summed E-state index contributed by atoms with van der Waals surface area (Å²) in [5.41, 5.74) is 1.40. The highest BCUT2D eigenvalue weighted by Gasteiger charge is 2.32. The van der Waals surface area contributed by atoms with Crippen molar-refractivity contribution in [1.29, 1.82) is 0 Å². The van der Waals surface area contributed by atoms with E-state index in [0.717, 1.165) is 5.56 Å². The van der Waals surface area contributed by atoms with Gasteiger partial charge in [-0.15, -0.1) is 0 Å². The summed E-state index contributed by atoms with van der Waals surface area (Å²) >= 11 is 1.23. The number of ether oxygens (including phenoxy) is 1. The van der Waals surface area contributed by atoms with Gasteiger partial charge in [-0.25, -0.2) is 17.8 Å². The van der Waals surface area contributed by atoms with Crippen LogP contribution in [0.5, 0.6) is 0 Å². The summed E-state index contributed by atoms with van der Waals surface area (Å²) in [6, 6.07) is 20.1. The van der Waals surface area contributed by atoms with Gasteiger partial charge in [0.1, 0.15) is 11.3 Å². The number of sulfonamides is 1. The molecule has 1 aliphatic rings. The Morgan fingerprint density at radius 2 is 1.70 bits per heavy atom. The number of nitrogens with zero attached hydrogens (tertiary/aromatic N) is 3. The first-order chi connectivity index (χ1) is 17.7. The molecule has 4 aromatic rings. The number of benzene rings is 3. The molecule has 7 nitrogen and oxygen atoms in total. The Morgan fingerprint density at radius 1 is 1.03 bits per heavy atom. The van der Waals surface area contributed by atoms with Crippen molar-refractivity contribution in [2.24, 2.45) is 0 Å². The quantitative estimate of drug-likeness (QED) is 0.341. The zero-order valence-corrected chi connectivity index (χ0v) is 22.0. The fourth-order valence-electron chi connectivity index (χ4n) is 4.41. The lowest BCUT2D eigenvalue weighted by Gasteiger charge is -2.34. The molecule has 1 saturated heterocycles. The summed E-state index contributed by atoms with van der Waals surface area (Å²) < 4.78 is 48.5. The third-order valence-corrected chi connectivity index (χ3v) is 9.03. The number of morpholine rings is 1. The molecule has 192 valence electrons. The number of halogens is 1. The second-order valence-corrected chi connectivity index (χ2v) is 12.0. The van der Waals surface area contributed by atoms with Crippen molar-refractivity contribution in [3.8, 4) is 0 Å². The molecule has 3 aromatic carbocycles. The minimum Gasteiger partial charge on any atom is -0.373 e. The van der Waals surface area contributed by atoms with Gasteiger partial charge in [-0.05, 0) is 55.8 Å². The summed E-state index contributed by atoms with van der Waals surface area (Å²) in [7, 11) is -3.74. The van der Waals surface area contributed by atoms with Crippen molar-refractivity contribution >= 4 is 42.6 Å². The van der Waals surface area contributed by atoms with Crippen LogP contribution in [0.2, 0.25) is 0 Å². The zero-order chi connectivity index (χ0) is 26.2. The molecule has 10 heteroatoms. The molecular weight excluding hydrogens is 513 g/mol. The van der Waals surface area contributed by atoms with Gasteiger partial charge in [-0.1, -0.05) is 47.7 Å². The summed E-state index contributed by atoms with van der Waals surface area (Å²) in [5.74, 6) is -0.811. The van der Waals surface area contributed by atoms with Crippen molar-refractivity contribution in [1.82, 2.24) is 9.29 Å².